The number of benzene rings is 1. The molecule has 4 saturated carbocycles. The minimum Gasteiger partial charge on any atom is -0.496 e. The first-order chi connectivity index (χ1) is 13.4. The molecule has 4 bridgehead atoms. The van der Waals surface area contributed by atoms with E-state index >= 15 is 0 Å². The van der Waals surface area contributed by atoms with Gasteiger partial charge in [-0.25, -0.2) is 4.79 Å². The Labute approximate surface area is 165 Å². The molecule has 6 heteroatoms. The summed E-state index contributed by atoms with van der Waals surface area (Å²) in [5, 5.41) is 3.26. The summed E-state index contributed by atoms with van der Waals surface area (Å²) >= 11 is 0. The van der Waals surface area contributed by atoms with Crippen molar-refractivity contribution in [1.29, 1.82) is 0 Å². The number of amides is 1. The highest BCUT2D eigenvalue weighted by Crippen LogP contribution is 2.55. The van der Waals surface area contributed by atoms with Gasteiger partial charge in [-0.3, -0.25) is 4.79 Å². The van der Waals surface area contributed by atoms with Gasteiger partial charge < -0.3 is 19.5 Å². The second kappa shape index (κ2) is 7.30. The smallest absolute Gasteiger partial charge is 0.346 e. The van der Waals surface area contributed by atoms with Crippen LogP contribution in [0.2, 0.25) is 0 Å². The average molecular weight is 387 g/mol. The summed E-state index contributed by atoms with van der Waals surface area (Å²) in [7, 11) is 2.96. The Kier molecular flexibility index (Phi) is 4.98. The van der Waals surface area contributed by atoms with Crippen LogP contribution in [0.15, 0.2) is 18.2 Å². The summed E-state index contributed by atoms with van der Waals surface area (Å²) in [4.78, 5) is 25.6. The summed E-state index contributed by atoms with van der Waals surface area (Å²) in [6.07, 6.45) is 6.24. The number of carbonyl (C=O) groups is 2. The third kappa shape index (κ3) is 3.45. The van der Waals surface area contributed by atoms with E-state index < -0.39 is 12.1 Å². The number of nitrogens with one attached hydrogen (secondary N) is 1. The zero-order chi connectivity index (χ0) is 19.9. The quantitative estimate of drug-likeness (QED) is 0.758. The molecule has 0 aromatic heterocycles. The highest BCUT2D eigenvalue weighted by atomic mass is 16.6. The lowest BCUT2D eigenvalue weighted by atomic mass is 9.53. The molecule has 1 amide bonds. The third-order valence-corrected chi connectivity index (χ3v) is 6.71. The Morgan fingerprint density at radius 1 is 1.00 bits per heavy atom. The Morgan fingerprint density at radius 2 is 1.50 bits per heavy atom. The van der Waals surface area contributed by atoms with Crippen LogP contribution in [0.3, 0.4) is 0 Å². The van der Waals surface area contributed by atoms with Gasteiger partial charge >= 0.3 is 5.97 Å². The fourth-order valence-corrected chi connectivity index (χ4v) is 5.95. The maximum atomic E-state index is 12.9. The molecule has 0 saturated heterocycles. The van der Waals surface area contributed by atoms with E-state index in [0.717, 1.165) is 37.0 Å². The molecule has 0 radical (unpaired) electrons. The van der Waals surface area contributed by atoms with Gasteiger partial charge in [0.25, 0.3) is 5.91 Å². The molecule has 0 aliphatic heterocycles. The van der Waals surface area contributed by atoms with E-state index in [9.17, 15) is 9.59 Å². The number of hydrogen-bond donors (Lipinski definition) is 1. The van der Waals surface area contributed by atoms with Gasteiger partial charge in [-0.1, -0.05) is 6.07 Å². The first-order valence-electron chi connectivity index (χ1n) is 10.2. The van der Waals surface area contributed by atoms with E-state index in [0.29, 0.717) is 11.5 Å². The van der Waals surface area contributed by atoms with Crippen LogP contribution in [0.25, 0.3) is 0 Å². The molecule has 4 aliphatic carbocycles. The maximum Gasteiger partial charge on any atom is 0.346 e. The van der Waals surface area contributed by atoms with Gasteiger partial charge in [-0.05, 0) is 75.3 Å². The van der Waals surface area contributed by atoms with Crippen LogP contribution in [0, 0.1) is 17.8 Å². The number of methoxy groups -OCH3 is 2. The molecule has 152 valence electrons. The second-order valence-electron chi connectivity index (χ2n) is 8.77. The zero-order valence-electron chi connectivity index (χ0n) is 16.8. The van der Waals surface area contributed by atoms with E-state index in [1.165, 1.54) is 33.5 Å². The van der Waals surface area contributed by atoms with Crippen molar-refractivity contribution in [3.8, 4) is 11.5 Å². The van der Waals surface area contributed by atoms with Gasteiger partial charge in [0.05, 0.1) is 14.2 Å². The fraction of sp³-hybridized carbons (Fsp3) is 0.636. The molecule has 6 nitrogen and oxygen atoms in total. The van der Waals surface area contributed by atoms with Crippen molar-refractivity contribution < 1.29 is 23.8 Å². The van der Waals surface area contributed by atoms with Crippen molar-refractivity contribution in [3.05, 3.63) is 23.8 Å². The van der Waals surface area contributed by atoms with Crippen LogP contribution in [0.1, 0.15) is 55.8 Å². The average Bonchev–Trinajstić information content (AvgIpc) is 2.65. The van der Waals surface area contributed by atoms with Gasteiger partial charge in [0.15, 0.2) is 6.10 Å². The molecule has 1 unspecified atom stereocenters. The van der Waals surface area contributed by atoms with Gasteiger partial charge in [-0.2, -0.15) is 0 Å². The molecule has 1 atom stereocenters. The van der Waals surface area contributed by atoms with Crippen LogP contribution in [0.5, 0.6) is 11.5 Å². The van der Waals surface area contributed by atoms with Crippen LogP contribution in [0.4, 0.5) is 0 Å². The summed E-state index contributed by atoms with van der Waals surface area (Å²) in [5.41, 5.74) is 0.0937. The normalized spacial score (nSPS) is 31.2. The molecule has 5 rings (SSSR count). The minimum absolute atomic E-state index is 0.103. The monoisotopic (exact) mass is 387 g/mol. The van der Waals surface area contributed by atoms with Gasteiger partial charge in [0, 0.05) is 5.54 Å². The topological polar surface area (TPSA) is 73.9 Å². The molecule has 0 heterocycles. The molecule has 28 heavy (non-hydrogen) atoms. The molecule has 4 fully saturated rings. The van der Waals surface area contributed by atoms with Crippen molar-refractivity contribution >= 4 is 11.9 Å². The van der Waals surface area contributed by atoms with Gasteiger partial charge in [0.1, 0.15) is 17.1 Å². The molecule has 0 spiro atoms. The molecule has 4 aliphatic rings. The van der Waals surface area contributed by atoms with Crippen LogP contribution in [-0.2, 0) is 9.53 Å². The number of ether oxygens (including phenoxy) is 3. The van der Waals surface area contributed by atoms with E-state index in [2.05, 4.69) is 5.32 Å². The summed E-state index contributed by atoms with van der Waals surface area (Å²) in [6, 6.07) is 5.07. The highest BCUT2D eigenvalue weighted by molar-refractivity contribution is 5.97. The zero-order valence-corrected chi connectivity index (χ0v) is 16.8. The predicted molar refractivity (Wildman–Crippen MR) is 103 cm³/mol. The van der Waals surface area contributed by atoms with Crippen molar-refractivity contribution in [1.82, 2.24) is 5.32 Å². The van der Waals surface area contributed by atoms with Crippen molar-refractivity contribution in [2.24, 2.45) is 17.8 Å². The molecule has 1 N–H and O–H groups in total. The van der Waals surface area contributed by atoms with Crippen LogP contribution < -0.4 is 14.8 Å². The Hall–Kier alpha value is -2.24. The maximum absolute atomic E-state index is 12.9. The number of rotatable bonds is 6. The van der Waals surface area contributed by atoms with Crippen LogP contribution in [-0.4, -0.2) is 37.7 Å². The lowest BCUT2D eigenvalue weighted by Crippen LogP contribution is -2.61. The van der Waals surface area contributed by atoms with Gasteiger partial charge in [0.2, 0.25) is 0 Å². The Bertz CT molecular complexity index is 717. The van der Waals surface area contributed by atoms with Crippen molar-refractivity contribution in [3.63, 3.8) is 0 Å². The predicted octanol–water partition coefficient (Wildman–Crippen LogP) is 3.33. The lowest BCUT2D eigenvalue weighted by molar-refractivity contribution is -0.134. The Balaban J connectivity index is 1.43. The van der Waals surface area contributed by atoms with Crippen molar-refractivity contribution in [2.45, 2.75) is 57.1 Å². The molecular weight excluding hydrogens is 358 g/mol. The third-order valence-electron chi connectivity index (χ3n) is 6.71. The van der Waals surface area contributed by atoms with E-state index in [1.54, 1.807) is 25.1 Å². The van der Waals surface area contributed by atoms with E-state index in [-0.39, 0.29) is 17.0 Å². The largest absolute Gasteiger partial charge is 0.496 e. The lowest BCUT2D eigenvalue weighted by Gasteiger charge is -2.57. The first kappa shape index (κ1) is 19.1. The van der Waals surface area contributed by atoms with E-state index in [4.69, 9.17) is 14.2 Å². The first-order valence-corrected chi connectivity index (χ1v) is 10.2. The number of carbonyl (C=O) groups excluding carboxylic acids is 2. The number of esters is 1. The number of hydrogen-bond acceptors (Lipinski definition) is 5. The fourth-order valence-electron chi connectivity index (χ4n) is 5.95. The molecule has 1 aromatic rings. The summed E-state index contributed by atoms with van der Waals surface area (Å²) in [5.74, 6) is 2.09. The summed E-state index contributed by atoms with van der Waals surface area (Å²) in [6.45, 7) is 1.62. The SMILES string of the molecule is COc1cccc(OC)c1C(=O)OC(C)C(=O)NC12CC3CC(CC(C3)C1)C2. The molecular formula is C22H29NO5. The standard InChI is InChI=1S/C22H29NO5/c1-13(28-21(25)19-17(26-2)5-4-6-18(19)27-3)20(24)23-22-10-14-7-15(11-22)9-16(8-14)12-22/h4-6,13-16H,7-12H2,1-3H3,(H,23,24). The van der Waals surface area contributed by atoms with E-state index in [1.807, 2.05) is 0 Å². The van der Waals surface area contributed by atoms with Crippen molar-refractivity contribution in [2.75, 3.05) is 14.2 Å². The Morgan fingerprint density at radius 3 is 1.96 bits per heavy atom. The molecule has 1 aromatic carbocycles. The van der Waals surface area contributed by atoms with Crippen LogP contribution >= 0.6 is 0 Å². The minimum atomic E-state index is -0.880. The second-order valence-corrected chi connectivity index (χ2v) is 8.77. The highest BCUT2D eigenvalue weighted by Gasteiger charge is 2.51. The van der Waals surface area contributed by atoms with Gasteiger partial charge in [-0.15, -0.1) is 0 Å². The summed E-state index contributed by atoms with van der Waals surface area (Å²) < 4.78 is 16.0.